The molecule has 0 fully saturated rings. The second-order valence-electron chi connectivity index (χ2n) is 4.94. The van der Waals surface area contributed by atoms with Crippen molar-refractivity contribution >= 4 is 0 Å². The van der Waals surface area contributed by atoms with Crippen molar-refractivity contribution in [2.24, 2.45) is 5.73 Å². The summed E-state index contributed by atoms with van der Waals surface area (Å²) < 4.78 is 0. The number of unbranched alkanes of at least 4 members (excludes halogenated alkanes) is 2. The summed E-state index contributed by atoms with van der Waals surface area (Å²) in [6.07, 6.45) is 5.10. The van der Waals surface area contributed by atoms with Crippen LogP contribution in [-0.2, 0) is 6.42 Å². The van der Waals surface area contributed by atoms with Gasteiger partial charge in [-0.1, -0.05) is 44.0 Å². The molecule has 0 aromatic heterocycles. The SMILES string of the molecule is CCCCCN1CCc2ccccc2C1CN. The Morgan fingerprint density at radius 2 is 2.12 bits per heavy atom. The van der Waals surface area contributed by atoms with Gasteiger partial charge in [0.15, 0.2) is 0 Å². The van der Waals surface area contributed by atoms with E-state index in [9.17, 15) is 0 Å². The highest BCUT2D eigenvalue weighted by molar-refractivity contribution is 5.32. The van der Waals surface area contributed by atoms with Crippen LogP contribution in [0.2, 0.25) is 0 Å². The fourth-order valence-corrected chi connectivity index (χ4v) is 2.81. The molecule has 17 heavy (non-hydrogen) atoms. The number of hydrogen-bond acceptors (Lipinski definition) is 2. The zero-order valence-corrected chi connectivity index (χ0v) is 10.9. The third-order valence-corrected chi connectivity index (χ3v) is 3.80. The normalized spacial score (nSPS) is 20.2. The van der Waals surface area contributed by atoms with Crippen LogP contribution < -0.4 is 5.73 Å². The van der Waals surface area contributed by atoms with Gasteiger partial charge in [-0.15, -0.1) is 0 Å². The number of hydrogen-bond donors (Lipinski definition) is 1. The molecule has 0 saturated carbocycles. The zero-order chi connectivity index (χ0) is 12.1. The van der Waals surface area contributed by atoms with Crippen LogP contribution in [0.3, 0.4) is 0 Å². The van der Waals surface area contributed by atoms with Crippen molar-refractivity contribution in [3.05, 3.63) is 35.4 Å². The molecule has 0 radical (unpaired) electrons. The van der Waals surface area contributed by atoms with Gasteiger partial charge in [-0.05, 0) is 30.5 Å². The molecule has 2 nitrogen and oxygen atoms in total. The van der Waals surface area contributed by atoms with Crippen molar-refractivity contribution in [1.82, 2.24) is 4.90 Å². The third kappa shape index (κ3) is 2.88. The summed E-state index contributed by atoms with van der Waals surface area (Å²) in [5, 5.41) is 0. The summed E-state index contributed by atoms with van der Waals surface area (Å²) >= 11 is 0. The smallest absolute Gasteiger partial charge is 0.0473 e. The predicted molar refractivity (Wildman–Crippen MR) is 73.0 cm³/mol. The topological polar surface area (TPSA) is 29.3 Å². The molecule has 1 aromatic carbocycles. The lowest BCUT2D eigenvalue weighted by Crippen LogP contribution is -2.39. The first kappa shape index (κ1) is 12.6. The van der Waals surface area contributed by atoms with E-state index in [1.807, 2.05) is 0 Å². The first-order valence-electron chi connectivity index (χ1n) is 6.88. The summed E-state index contributed by atoms with van der Waals surface area (Å²) in [7, 11) is 0. The first-order valence-corrected chi connectivity index (χ1v) is 6.88. The van der Waals surface area contributed by atoms with Gasteiger partial charge in [0.1, 0.15) is 0 Å². The highest BCUT2D eigenvalue weighted by Gasteiger charge is 2.25. The molecule has 0 amide bonds. The van der Waals surface area contributed by atoms with Gasteiger partial charge >= 0.3 is 0 Å². The monoisotopic (exact) mass is 232 g/mol. The Hall–Kier alpha value is -0.860. The van der Waals surface area contributed by atoms with Crippen molar-refractivity contribution in [2.45, 2.75) is 38.6 Å². The van der Waals surface area contributed by atoms with Crippen LogP contribution in [0, 0.1) is 0 Å². The second kappa shape index (κ2) is 6.18. The van der Waals surface area contributed by atoms with E-state index in [4.69, 9.17) is 5.73 Å². The fourth-order valence-electron chi connectivity index (χ4n) is 2.81. The number of rotatable bonds is 5. The van der Waals surface area contributed by atoms with E-state index in [-0.39, 0.29) is 0 Å². The van der Waals surface area contributed by atoms with Crippen LogP contribution in [0.15, 0.2) is 24.3 Å². The van der Waals surface area contributed by atoms with Crippen molar-refractivity contribution in [3.63, 3.8) is 0 Å². The van der Waals surface area contributed by atoms with Crippen LogP contribution in [0.5, 0.6) is 0 Å². The molecule has 1 heterocycles. The Labute approximate surface area is 105 Å². The van der Waals surface area contributed by atoms with E-state index >= 15 is 0 Å². The molecule has 1 aromatic rings. The van der Waals surface area contributed by atoms with Crippen molar-refractivity contribution in [2.75, 3.05) is 19.6 Å². The van der Waals surface area contributed by atoms with Gasteiger partial charge in [0, 0.05) is 19.1 Å². The Morgan fingerprint density at radius 3 is 2.88 bits per heavy atom. The number of nitrogens with zero attached hydrogens (tertiary/aromatic N) is 1. The summed E-state index contributed by atoms with van der Waals surface area (Å²) in [6.45, 7) is 5.36. The first-order chi connectivity index (χ1) is 8.36. The highest BCUT2D eigenvalue weighted by atomic mass is 15.2. The standard InChI is InChI=1S/C15H24N2/c1-2-3-6-10-17-11-9-13-7-4-5-8-14(13)15(17)12-16/h4-5,7-8,15H,2-3,6,9-12,16H2,1H3. The lowest BCUT2D eigenvalue weighted by molar-refractivity contribution is 0.186. The number of benzene rings is 1. The summed E-state index contributed by atoms with van der Waals surface area (Å²) in [6, 6.07) is 9.22. The molecule has 1 atom stereocenters. The molecule has 2 N–H and O–H groups in total. The van der Waals surface area contributed by atoms with Crippen molar-refractivity contribution < 1.29 is 0 Å². The fraction of sp³-hybridized carbons (Fsp3) is 0.600. The van der Waals surface area contributed by atoms with E-state index in [1.54, 1.807) is 0 Å². The summed E-state index contributed by atoms with van der Waals surface area (Å²) in [5.41, 5.74) is 8.92. The molecular weight excluding hydrogens is 208 g/mol. The average molecular weight is 232 g/mol. The molecule has 94 valence electrons. The second-order valence-corrected chi connectivity index (χ2v) is 4.94. The largest absolute Gasteiger partial charge is 0.329 e. The number of nitrogens with two attached hydrogens (primary N) is 1. The Kier molecular flexibility index (Phi) is 4.57. The molecule has 0 saturated heterocycles. The lowest BCUT2D eigenvalue weighted by atomic mass is 9.92. The van der Waals surface area contributed by atoms with Gasteiger partial charge in [0.25, 0.3) is 0 Å². The summed E-state index contributed by atoms with van der Waals surface area (Å²) in [4.78, 5) is 2.57. The average Bonchev–Trinajstić information content (AvgIpc) is 2.38. The molecule has 0 spiro atoms. The molecule has 1 aliphatic rings. The van der Waals surface area contributed by atoms with E-state index in [1.165, 1.54) is 49.9 Å². The molecule has 0 aliphatic carbocycles. The molecule has 1 aliphatic heterocycles. The van der Waals surface area contributed by atoms with Crippen LogP contribution in [0.25, 0.3) is 0 Å². The van der Waals surface area contributed by atoms with Gasteiger partial charge in [-0.2, -0.15) is 0 Å². The van der Waals surface area contributed by atoms with Crippen LogP contribution in [0.1, 0.15) is 43.4 Å². The van der Waals surface area contributed by atoms with Gasteiger partial charge in [0.2, 0.25) is 0 Å². The quantitative estimate of drug-likeness (QED) is 0.791. The molecular formula is C15H24N2. The molecule has 2 heteroatoms. The van der Waals surface area contributed by atoms with Crippen molar-refractivity contribution in [3.8, 4) is 0 Å². The van der Waals surface area contributed by atoms with Gasteiger partial charge in [-0.25, -0.2) is 0 Å². The van der Waals surface area contributed by atoms with Crippen molar-refractivity contribution in [1.29, 1.82) is 0 Å². The van der Waals surface area contributed by atoms with Gasteiger partial charge in [-0.3, -0.25) is 4.90 Å². The Morgan fingerprint density at radius 1 is 1.29 bits per heavy atom. The van der Waals surface area contributed by atoms with E-state index in [2.05, 4.69) is 36.1 Å². The maximum absolute atomic E-state index is 5.97. The minimum atomic E-state index is 0.441. The van der Waals surface area contributed by atoms with Gasteiger partial charge < -0.3 is 5.73 Å². The van der Waals surface area contributed by atoms with E-state index in [0.29, 0.717) is 6.04 Å². The third-order valence-electron chi connectivity index (χ3n) is 3.80. The molecule has 0 bridgehead atoms. The minimum Gasteiger partial charge on any atom is -0.329 e. The predicted octanol–water partition coefficient (Wildman–Crippen LogP) is 2.73. The zero-order valence-electron chi connectivity index (χ0n) is 10.9. The maximum Gasteiger partial charge on any atom is 0.0473 e. The number of fused-ring (bicyclic) bond motifs is 1. The summed E-state index contributed by atoms with van der Waals surface area (Å²) in [5.74, 6) is 0. The minimum absolute atomic E-state index is 0.441. The Bertz CT molecular complexity index is 349. The Balaban J connectivity index is 2.06. The van der Waals surface area contributed by atoms with Crippen LogP contribution in [-0.4, -0.2) is 24.5 Å². The maximum atomic E-state index is 5.97. The van der Waals surface area contributed by atoms with E-state index < -0.39 is 0 Å². The van der Waals surface area contributed by atoms with Crippen LogP contribution >= 0.6 is 0 Å². The molecule has 2 rings (SSSR count). The lowest BCUT2D eigenvalue weighted by Gasteiger charge is -2.36. The van der Waals surface area contributed by atoms with E-state index in [0.717, 1.165) is 6.54 Å². The molecule has 1 unspecified atom stereocenters. The van der Waals surface area contributed by atoms with Gasteiger partial charge in [0.05, 0.1) is 0 Å². The highest BCUT2D eigenvalue weighted by Crippen LogP contribution is 2.28. The van der Waals surface area contributed by atoms with Crippen LogP contribution in [0.4, 0.5) is 0 Å².